The van der Waals surface area contributed by atoms with Crippen molar-refractivity contribution in [3.63, 3.8) is 0 Å². The second-order valence-corrected chi connectivity index (χ2v) is 33.2. The Morgan fingerprint density at radius 2 is 0.495 bits per heavy atom. The van der Waals surface area contributed by atoms with Crippen molar-refractivity contribution in [2.45, 2.75) is 177 Å². The minimum atomic E-state index is -1.63. The summed E-state index contributed by atoms with van der Waals surface area (Å²) in [4.78, 5) is 0. The number of hydrogen-bond acceptors (Lipinski definition) is 16. The van der Waals surface area contributed by atoms with E-state index in [1.807, 2.05) is 273 Å². The minimum Gasteiger partial charge on any atom is -0.387 e. The predicted octanol–water partition coefficient (Wildman–Crippen LogP) is 14.8. The van der Waals surface area contributed by atoms with Crippen molar-refractivity contribution in [2.75, 3.05) is 26.4 Å². The highest BCUT2D eigenvalue weighted by atomic mass is 28.3. The molecule has 17 heteroatoms. The summed E-state index contributed by atoms with van der Waals surface area (Å²) in [6, 6.07) is 90.4. The van der Waals surface area contributed by atoms with Gasteiger partial charge in [-0.3, -0.25) is 0 Å². The van der Waals surface area contributed by atoms with Crippen LogP contribution in [-0.4, -0.2) is 132 Å². The van der Waals surface area contributed by atoms with Crippen LogP contribution in [0, 0.1) is 0 Å². The van der Waals surface area contributed by atoms with Gasteiger partial charge in [-0.05, 0) is 56.1 Å². The fraction of sp³-hybridized carbons (Fsp3) is 0.372. The highest BCUT2D eigenvalue weighted by molar-refractivity contribution is 6.76. The van der Waals surface area contributed by atoms with Crippen molar-refractivity contribution in [1.29, 1.82) is 0 Å². The van der Waals surface area contributed by atoms with Crippen molar-refractivity contribution in [3.8, 4) is 0 Å². The molecule has 0 radical (unpaired) electrons. The summed E-state index contributed by atoms with van der Waals surface area (Å²) in [6.45, 7) is 9.04. The van der Waals surface area contributed by atoms with E-state index in [0.717, 1.165) is 56.1 Å². The van der Waals surface area contributed by atoms with Gasteiger partial charge in [0.1, 0.15) is 73.2 Å². The van der Waals surface area contributed by atoms with Crippen LogP contribution in [-0.2, 0) is 131 Å². The van der Waals surface area contributed by atoms with Crippen molar-refractivity contribution in [1.82, 2.24) is 0 Å². The van der Waals surface area contributed by atoms with Gasteiger partial charge in [0.2, 0.25) is 0 Å². The lowest BCUT2D eigenvalue weighted by atomic mass is 9.95. The fourth-order valence-corrected chi connectivity index (χ4v) is 13.6. The van der Waals surface area contributed by atoms with E-state index in [1.54, 1.807) is 0 Å². The maximum atomic E-state index is 13.2. The van der Waals surface area contributed by atoms with Crippen molar-refractivity contribution >= 4 is 8.07 Å². The molecule has 0 saturated carbocycles. The Bertz CT molecular complexity index is 3760. The third-order valence-electron chi connectivity index (χ3n) is 18.4. The Hall–Kier alpha value is -7.44. The van der Waals surface area contributed by atoms with Crippen LogP contribution in [0.15, 0.2) is 273 Å². The first-order chi connectivity index (χ1) is 50.6. The van der Waals surface area contributed by atoms with Gasteiger partial charge in [-0.25, -0.2) is 0 Å². The molecule has 103 heavy (non-hydrogen) atoms. The van der Waals surface area contributed by atoms with E-state index in [9.17, 15) is 5.11 Å². The molecule has 3 aliphatic heterocycles. The van der Waals surface area contributed by atoms with E-state index in [0.29, 0.717) is 6.61 Å². The summed E-state index contributed by atoms with van der Waals surface area (Å²) >= 11 is 0. The molecule has 1 N–H and O–H groups in total. The number of aliphatic hydroxyl groups is 1. The van der Waals surface area contributed by atoms with Crippen LogP contribution in [0.3, 0.4) is 0 Å². The second kappa shape index (κ2) is 39.6. The van der Waals surface area contributed by atoms with E-state index in [-0.39, 0.29) is 79.3 Å². The first-order valence-corrected chi connectivity index (χ1v) is 39.7. The smallest absolute Gasteiger partial charge is 0.187 e. The van der Waals surface area contributed by atoms with Crippen molar-refractivity contribution < 1.29 is 76.2 Å². The molecule has 12 rings (SSSR count). The number of hydrogen-bond donors (Lipinski definition) is 1. The molecule has 0 amide bonds. The van der Waals surface area contributed by atoms with Crippen LogP contribution in [0.5, 0.6) is 0 Å². The number of ether oxygens (including phenoxy) is 15. The van der Waals surface area contributed by atoms with Gasteiger partial charge in [-0.1, -0.05) is 293 Å². The van der Waals surface area contributed by atoms with Crippen LogP contribution in [0.1, 0.15) is 50.1 Å². The molecule has 3 saturated heterocycles. The molecule has 3 fully saturated rings. The number of rotatable bonds is 38. The van der Waals surface area contributed by atoms with Gasteiger partial charge in [-0.15, -0.1) is 0 Å². The molecule has 3 aliphatic rings. The zero-order chi connectivity index (χ0) is 70.7. The maximum Gasteiger partial charge on any atom is 0.187 e. The van der Waals surface area contributed by atoms with Gasteiger partial charge < -0.3 is 76.2 Å². The van der Waals surface area contributed by atoms with Gasteiger partial charge in [0.15, 0.2) is 18.9 Å². The van der Waals surface area contributed by atoms with Crippen molar-refractivity contribution in [2.24, 2.45) is 0 Å². The summed E-state index contributed by atoms with van der Waals surface area (Å²) in [7, 11) is -1.63. The molecule has 3 heterocycles. The summed E-state index contributed by atoms with van der Waals surface area (Å²) < 4.78 is 108. The fourth-order valence-electron chi connectivity index (χ4n) is 12.8. The van der Waals surface area contributed by atoms with Crippen molar-refractivity contribution in [3.05, 3.63) is 323 Å². The van der Waals surface area contributed by atoms with E-state index >= 15 is 0 Å². The van der Waals surface area contributed by atoms with Crippen LogP contribution >= 0.6 is 0 Å². The highest BCUT2D eigenvalue weighted by Crippen LogP contribution is 2.40. The lowest BCUT2D eigenvalue weighted by Crippen LogP contribution is -2.68. The summed E-state index contributed by atoms with van der Waals surface area (Å²) in [6.07, 6.45) is -15.9. The van der Waals surface area contributed by atoms with Gasteiger partial charge in [-0.2, -0.15) is 0 Å². The molecular formula is C86H98O16Si. The zero-order valence-corrected chi connectivity index (χ0v) is 60.1. The Kier molecular flexibility index (Phi) is 28.9. The largest absolute Gasteiger partial charge is 0.387 e. The predicted molar refractivity (Wildman–Crippen MR) is 394 cm³/mol. The second-order valence-electron chi connectivity index (χ2n) is 27.6. The SMILES string of the molecule is C[Si](C)(C)CCO[C@@H]1O[C@H](COCc2ccccc2)[C@@H](O[C@@H]2O[C@H](COCc3ccccc3)[C@H](O[C@H]3O[C@H](COCc4ccccc4)[C@H](OCc4ccccc4)[C@H](O)[C@H]3OCc3ccccc3)[C@H](OCc3ccccc3)[C@H]2OCc2ccccc2)[C@H](OCc2ccccc2)[C@H]1OCc1ccccc1. The Morgan fingerprint density at radius 1 is 0.262 bits per heavy atom. The Morgan fingerprint density at radius 3 is 0.796 bits per heavy atom. The molecule has 9 aromatic rings. The number of benzene rings is 9. The lowest BCUT2D eigenvalue weighted by Gasteiger charge is -2.51. The quantitative estimate of drug-likeness (QED) is 0.0364. The number of aliphatic hydroxyl groups excluding tert-OH is 1. The topological polar surface area (TPSA) is 159 Å². The summed E-state index contributed by atoms with van der Waals surface area (Å²) in [5.74, 6) is 0. The highest BCUT2D eigenvalue weighted by Gasteiger charge is 2.57. The van der Waals surface area contributed by atoms with E-state index in [2.05, 4.69) is 19.6 Å². The lowest BCUT2D eigenvalue weighted by molar-refractivity contribution is -0.394. The normalized spacial score (nSPS) is 25.1. The minimum absolute atomic E-state index is 0.0155. The average Bonchev–Trinajstić information content (AvgIpc) is 0.763. The molecule has 0 bridgehead atoms. The Balaban J connectivity index is 0.968. The molecule has 542 valence electrons. The standard InChI is InChI=1S/C86H98O16Si/c1-103(2,3)50-49-91-84-82(96-58-70-45-27-11-28-46-70)80(94-56-68-41-23-9-24-42-68)77(73(98-84)61-89-52-64-33-15-5-16-34-64)102-86-83(97-59-71-47-29-12-30-48-71)81(95-57-69-43-25-10-26-44-69)78(74(100-86)62-90-53-65-35-17-6-18-36-65)101-85-79(93-55-67-39-21-8-22-40-67)75(87)76(92-54-66-37-19-7-20-38-66)72(99-85)60-88-51-63-31-13-4-14-32-63/h4-48,72-87H,49-62H2,1-3H3/t72-,73-,74-,75+,76+,77-,78+,79-,80+,81+,82-,83-,84-,85-,86+/m1/s1. The molecule has 9 aromatic carbocycles. The van der Waals surface area contributed by atoms with Gasteiger partial charge in [0.25, 0.3) is 0 Å². The Labute approximate surface area is 607 Å². The summed E-state index contributed by atoms with van der Waals surface area (Å²) in [5.41, 5.74) is 8.32. The molecule has 15 atom stereocenters. The molecule has 0 spiro atoms. The first kappa shape index (κ1) is 75.2. The third kappa shape index (κ3) is 23.0. The molecule has 16 nitrogen and oxygen atoms in total. The van der Waals surface area contributed by atoms with E-state index < -0.39 is 100 Å². The van der Waals surface area contributed by atoms with Crippen LogP contribution in [0.2, 0.25) is 25.7 Å². The monoisotopic (exact) mass is 1410 g/mol. The van der Waals surface area contributed by atoms with Crippen LogP contribution in [0.4, 0.5) is 0 Å². The van der Waals surface area contributed by atoms with Gasteiger partial charge >= 0.3 is 0 Å². The molecule has 0 aromatic heterocycles. The van der Waals surface area contributed by atoms with Crippen LogP contribution < -0.4 is 0 Å². The molecule has 0 aliphatic carbocycles. The van der Waals surface area contributed by atoms with Gasteiger partial charge in [0, 0.05) is 14.7 Å². The zero-order valence-electron chi connectivity index (χ0n) is 59.1. The van der Waals surface area contributed by atoms with Crippen LogP contribution in [0.25, 0.3) is 0 Å². The molecular weight excluding hydrogens is 1320 g/mol. The van der Waals surface area contributed by atoms with E-state index in [4.69, 9.17) is 71.1 Å². The van der Waals surface area contributed by atoms with Gasteiger partial charge in [0.05, 0.1) is 79.3 Å². The average molecular weight is 1420 g/mol. The maximum absolute atomic E-state index is 13.2. The summed E-state index contributed by atoms with van der Waals surface area (Å²) in [5, 5.41) is 13.2. The third-order valence-corrected chi connectivity index (χ3v) is 20.1. The first-order valence-electron chi connectivity index (χ1n) is 36.0. The molecule has 0 unspecified atom stereocenters. The van der Waals surface area contributed by atoms with E-state index in [1.165, 1.54) is 0 Å².